The highest BCUT2D eigenvalue weighted by molar-refractivity contribution is 5.93. The lowest BCUT2D eigenvalue weighted by Crippen LogP contribution is -2.65. The Labute approximate surface area is 102 Å². The van der Waals surface area contributed by atoms with Crippen molar-refractivity contribution in [3.8, 4) is 0 Å². The Bertz CT molecular complexity index is 336. The van der Waals surface area contributed by atoms with E-state index in [0.717, 1.165) is 13.8 Å². The molecule has 1 amide bonds. The maximum atomic E-state index is 13.0. The number of ketones is 1. The molecule has 0 aliphatic carbocycles. The summed E-state index contributed by atoms with van der Waals surface area (Å²) < 4.78 is 43.3. The number of esters is 1. The van der Waals surface area contributed by atoms with Crippen LogP contribution < -0.4 is 5.32 Å². The molecule has 0 aliphatic rings. The number of hydrogen-bond donors (Lipinski definition) is 1. The normalized spacial score (nSPS) is 14.6. The first-order valence-corrected chi connectivity index (χ1v) is 5.09. The fraction of sp³-hybridized carbons (Fsp3) is 0.700. The highest BCUT2D eigenvalue weighted by Gasteiger charge is 2.63. The van der Waals surface area contributed by atoms with Crippen molar-refractivity contribution in [1.29, 1.82) is 0 Å². The van der Waals surface area contributed by atoms with E-state index in [1.807, 2.05) is 0 Å². The lowest BCUT2D eigenvalue weighted by atomic mass is 9.92. The number of halogens is 3. The number of hydrogen-bond acceptors (Lipinski definition) is 4. The van der Waals surface area contributed by atoms with Crippen LogP contribution in [0.25, 0.3) is 0 Å². The average molecular weight is 269 g/mol. The maximum absolute atomic E-state index is 13.0. The first-order valence-electron chi connectivity index (χ1n) is 5.09. The molecule has 104 valence electrons. The summed E-state index contributed by atoms with van der Waals surface area (Å²) in [6.07, 6.45) is -6.33. The molecule has 0 aromatic carbocycles. The van der Waals surface area contributed by atoms with Crippen LogP contribution in [0.15, 0.2) is 0 Å². The summed E-state index contributed by atoms with van der Waals surface area (Å²) in [7, 11) is 0. The number of Topliss-reactive ketones (excluding diaryl/α,β-unsaturated/α-hetero) is 1. The predicted octanol–water partition coefficient (Wildman–Crippen LogP) is 0.966. The molecule has 18 heavy (non-hydrogen) atoms. The van der Waals surface area contributed by atoms with Gasteiger partial charge in [0.2, 0.25) is 11.4 Å². The summed E-state index contributed by atoms with van der Waals surface area (Å²) in [5, 5.41) is 1.49. The van der Waals surface area contributed by atoms with E-state index in [4.69, 9.17) is 0 Å². The van der Waals surface area contributed by atoms with E-state index in [0.29, 0.717) is 0 Å². The van der Waals surface area contributed by atoms with E-state index >= 15 is 0 Å². The molecule has 0 fully saturated rings. The molecule has 1 atom stereocenters. The van der Waals surface area contributed by atoms with Crippen LogP contribution in [-0.4, -0.2) is 36.0 Å². The number of alkyl halides is 3. The highest BCUT2D eigenvalue weighted by atomic mass is 19.4. The molecule has 5 nitrogen and oxygen atoms in total. The van der Waals surface area contributed by atoms with Crippen LogP contribution in [0.2, 0.25) is 0 Å². The minimum absolute atomic E-state index is 0.297. The molecule has 0 aliphatic heterocycles. The zero-order chi connectivity index (χ0) is 14.6. The van der Waals surface area contributed by atoms with Gasteiger partial charge in [0.15, 0.2) is 0 Å². The molecule has 0 saturated heterocycles. The summed E-state index contributed by atoms with van der Waals surface area (Å²) in [4.78, 5) is 33.3. The molecule has 0 spiro atoms. The van der Waals surface area contributed by atoms with Gasteiger partial charge in [0.1, 0.15) is 5.78 Å². The van der Waals surface area contributed by atoms with Gasteiger partial charge < -0.3 is 10.1 Å². The summed E-state index contributed by atoms with van der Waals surface area (Å²) >= 11 is 0. The quantitative estimate of drug-likeness (QED) is 0.755. The Kier molecular flexibility index (Phi) is 5.31. The largest absolute Gasteiger partial charge is 0.464 e. The number of carbonyl (C=O) groups is 3. The van der Waals surface area contributed by atoms with Gasteiger partial charge >= 0.3 is 12.1 Å². The van der Waals surface area contributed by atoms with Crippen LogP contribution in [0, 0.1) is 0 Å². The van der Waals surface area contributed by atoms with E-state index in [-0.39, 0.29) is 6.61 Å². The Morgan fingerprint density at radius 2 is 1.67 bits per heavy atom. The molecule has 0 saturated carbocycles. The fourth-order valence-corrected chi connectivity index (χ4v) is 1.38. The standard InChI is InChI=1S/C10H14F3NO4/c1-4-18-8(17)9(5-6(2)15,10(11,12)13)14-7(3)16/h4-5H2,1-3H3,(H,14,16)/t9-/m0/s1. The average Bonchev–Trinajstić information content (AvgIpc) is 2.13. The highest BCUT2D eigenvalue weighted by Crippen LogP contribution is 2.34. The van der Waals surface area contributed by atoms with Crippen molar-refractivity contribution in [1.82, 2.24) is 5.32 Å². The van der Waals surface area contributed by atoms with Crippen LogP contribution in [-0.2, 0) is 19.1 Å². The number of carbonyl (C=O) groups excluding carboxylic acids is 3. The summed E-state index contributed by atoms with van der Waals surface area (Å²) in [5.74, 6) is -3.67. The van der Waals surface area contributed by atoms with E-state index in [1.165, 1.54) is 12.2 Å². The number of ether oxygens (including phenoxy) is 1. The van der Waals surface area contributed by atoms with Crippen molar-refractivity contribution in [3.05, 3.63) is 0 Å². The first-order chi connectivity index (χ1) is 8.06. The van der Waals surface area contributed by atoms with Gasteiger partial charge in [0, 0.05) is 13.3 Å². The van der Waals surface area contributed by atoms with Crippen LogP contribution in [0.4, 0.5) is 13.2 Å². The molecular formula is C10H14F3NO4. The third-order valence-corrected chi connectivity index (χ3v) is 2.01. The van der Waals surface area contributed by atoms with Gasteiger partial charge in [-0.15, -0.1) is 0 Å². The lowest BCUT2D eigenvalue weighted by molar-refractivity contribution is -0.215. The first kappa shape index (κ1) is 16.4. The molecule has 0 rings (SSSR count). The van der Waals surface area contributed by atoms with Crippen molar-refractivity contribution in [2.75, 3.05) is 6.61 Å². The van der Waals surface area contributed by atoms with E-state index in [2.05, 4.69) is 4.74 Å². The number of amides is 1. The van der Waals surface area contributed by atoms with Gasteiger partial charge in [0.25, 0.3) is 0 Å². The SMILES string of the molecule is CCOC(=O)[C@](CC(C)=O)(NC(C)=O)C(F)(F)F. The van der Waals surface area contributed by atoms with Gasteiger partial charge in [0.05, 0.1) is 6.61 Å². The molecule has 8 heteroatoms. The van der Waals surface area contributed by atoms with Crippen molar-refractivity contribution >= 4 is 17.7 Å². The van der Waals surface area contributed by atoms with Crippen molar-refractivity contribution < 1.29 is 32.3 Å². The molecule has 0 aromatic heterocycles. The third-order valence-electron chi connectivity index (χ3n) is 2.01. The summed E-state index contributed by atoms with van der Waals surface area (Å²) in [6.45, 7) is 2.73. The molecule has 0 heterocycles. The minimum atomic E-state index is -5.13. The van der Waals surface area contributed by atoms with Crippen LogP contribution >= 0.6 is 0 Å². The zero-order valence-electron chi connectivity index (χ0n) is 10.2. The summed E-state index contributed by atoms with van der Waals surface area (Å²) in [6, 6.07) is 0. The Balaban J connectivity index is 5.61. The fourth-order valence-electron chi connectivity index (χ4n) is 1.38. The van der Waals surface area contributed by atoms with Gasteiger partial charge in [-0.05, 0) is 13.8 Å². The second-order valence-corrected chi connectivity index (χ2v) is 3.68. The molecule has 1 N–H and O–H groups in total. The number of rotatable bonds is 5. The molecule has 0 radical (unpaired) electrons. The van der Waals surface area contributed by atoms with Crippen LogP contribution in [0.1, 0.15) is 27.2 Å². The van der Waals surface area contributed by atoms with E-state index < -0.39 is 35.8 Å². The monoisotopic (exact) mass is 269 g/mol. The van der Waals surface area contributed by atoms with Gasteiger partial charge in [-0.3, -0.25) is 9.59 Å². The van der Waals surface area contributed by atoms with E-state index in [1.54, 1.807) is 0 Å². The van der Waals surface area contributed by atoms with Crippen molar-refractivity contribution in [3.63, 3.8) is 0 Å². The molecule has 0 aromatic rings. The molecular weight excluding hydrogens is 255 g/mol. The van der Waals surface area contributed by atoms with Crippen LogP contribution in [0.3, 0.4) is 0 Å². The second kappa shape index (κ2) is 5.83. The molecule has 0 unspecified atom stereocenters. The van der Waals surface area contributed by atoms with Gasteiger partial charge in [-0.1, -0.05) is 0 Å². The zero-order valence-corrected chi connectivity index (χ0v) is 10.2. The predicted molar refractivity (Wildman–Crippen MR) is 54.5 cm³/mol. The van der Waals surface area contributed by atoms with Crippen LogP contribution in [0.5, 0.6) is 0 Å². The Morgan fingerprint density at radius 1 is 1.17 bits per heavy atom. The minimum Gasteiger partial charge on any atom is -0.464 e. The van der Waals surface area contributed by atoms with E-state index in [9.17, 15) is 27.6 Å². The summed E-state index contributed by atoms with van der Waals surface area (Å²) in [5.41, 5.74) is -3.32. The van der Waals surface area contributed by atoms with Crippen molar-refractivity contribution in [2.45, 2.75) is 38.9 Å². The smallest absolute Gasteiger partial charge is 0.422 e. The van der Waals surface area contributed by atoms with Gasteiger partial charge in [-0.2, -0.15) is 13.2 Å². The van der Waals surface area contributed by atoms with Crippen molar-refractivity contribution in [2.24, 2.45) is 0 Å². The third kappa shape index (κ3) is 3.71. The second-order valence-electron chi connectivity index (χ2n) is 3.68. The molecule has 0 bridgehead atoms. The Hall–Kier alpha value is -1.60. The topological polar surface area (TPSA) is 72.5 Å². The Morgan fingerprint density at radius 3 is 1.94 bits per heavy atom. The number of nitrogens with one attached hydrogen (secondary N) is 1. The van der Waals surface area contributed by atoms with Gasteiger partial charge in [-0.25, -0.2) is 4.79 Å². The lowest BCUT2D eigenvalue weighted by Gasteiger charge is -2.32. The maximum Gasteiger partial charge on any atom is 0.422 e.